The second-order valence-corrected chi connectivity index (χ2v) is 10.2. The third kappa shape index (κ3) is 4.90. The number of halogens is 1. The molecule has 0 saturated heterocycles. The van der Waals surface area contributed by atoms with Crippen molar-refractivity contribution in [2.24, 2.45) is 0 Å². The topological polar surface area (TPSA) is 117 Å². The van der Waals surface area contributed by atoms with Gasteiger partial charge in [0.15, 0.2) is 0 Å². The lowest BCUT2D eigenvalue weighted by Gasteiger charge is -2.11. The van der Waals surface area contributed by atoms with Crippen LogP contribution in [0, 0.1) is 13.8 Å². The lowest BCUT2D eigenvalue weighted by molar-refractivity contribution is 0.102. The molecule has 4 heterocycles. The molecule has 0 spiro atoms. The summed E-state index contributed by atoms with van der Waals surface area (Å²) >= 11 is 6.53. The number of pyridine rings is 1. The minimum atomic E-state index is -0.319. The van der Waals surface area contributed by atoms with Crippen molar-refractivity contribution in [3.05, 3.63) is 64.7 Å². The van der Waals surface area contributed by atoms with Crippen LogP contribution in [0.3, 0.4) is 0 Å². The molecule has 1 saturated carbocycles. The highest BCUT2D eigenvalue weighted by molar-refractivity contribution is 6.34. The van der Waals surface area contributed by atoms with E-state index in [4.69, 9.17) is 16.3 Å². The highest BCUT2D eigenvalue weighted by Crippen LogP contribution is 2.35. The van der Waals surface area contributed by atoms with E-state index in [1.807, 2.05) is 43.1 Å². The second kappa shape index (κ2) is 10.2. The van der Waals surface area contributed by atoms with Crippen molar-refractivity contribution in [3.63, 3.8) is 0 Å². The van der Waals surface area contributed by atoms with Gasteiger partial charge in [-0.25, -0.2) is 4.52 Å². The Hall–Kier alpha value is -4.09. The quantitative estimate of drug-likeness (QED) is 0.266. The van der Waals surface area contributed by atoms with Gasteiger partial charge in [-0.3, -0.25) is 9.48 Å². The summed E-state index contributed by atoms with van der Waals surface area (Å²) in [5, 5.41) is 25.2. The fourth-order valence-corrected chi connectivity index (χ4v) is 4.89. The third-order valence-corrected chi connectivity index (χ3v) is 7.32. The molecule has 1 aliphatic carbocycles. The van der Waals surface area contributed by atoms with Gasteiger partial charge in [-0.05, 0) is 73.7 Å². The van der Waals surface area contributed by atoms with E-state index in [0.29, 0.717) is 40.3 Å². The summed E-state index contributed by atoms with van der Waals surface area (Å²) in [6, 6.07) is 7.84. The van der Waals surface area contributed by atoms with Gasteiger partial charge in [0.05, 0.1) is 40.2 Å². The van der Waals surface area contributed by atoms with E-state index >= 15 is 0 Å². The third-order valence-electron chi connectivity index (χ3n) is 7.00. The predicted octanol–water partition coefficient (Wildman–Crippen LogP) is 4.75. The van der Waals surface area contributed by atoms with E-state index in [-0.39, 0.29) is 5.91 Å². The number of carbonyl (C=O) groups excluding carboxylic acids is 1. The molecule has 12 heteroatoms. The number of hydrogen-bond donors (Lipinski definition) is 1. The Morgan fingerprint density at radius 3 is 2.79 bits per heavy atom. The van der Waals surface area contributed by atoms with Crippen LogP contribution >= 0.6 is 11.6 Å². The van der Waals surface area contributed by atoms with Crippen molar-refractivity contribution in [1.82, 2.24) is 39.6 Å². The zero-order valence-electron chi connectivity index (χ0n) is 21.9. The van der Waals surface area contributed by atoms with Gasteiger partial charge in [0.2, 0.25) is 5.82 Å². The van der Waals surface area contributed by atoms with Crippen molar-refractivity contribution in [3.8, 4) is 22.5 Å². The number of nitrogens with one attached hydrogen (secondary N) is 1. The number of aryl methyl sites for hydroxylation is 2. The van der Waals surface area contributed by atoms with E-state index in [2.05, 4.69) is 30.9 Å². The van der Waals surface area contributed by atoms with Gasteiger partial charge in [-0.15, -0.1) is 10.2 Å². The summed E-state index contributed by atoms with van der Waals surface area (Å²) < 4.78 is 8.81. The minimum Gasteiger partial charge on any atom is -0.385 e. The number of rotatable bonds is 9. The van der Waals surface area contributed by atoms with Crippen LogP contribution in [0.25, 0.3) is 28.0 Å². The summed E-state index contributed by atoms with van der Waals surface area (Å²) in [7, 11) is 1.69. The highest BCUT2D eigenvalue weighted by Gasteiger charge is 2.27. The van der Waals surface area contributed by atoms with E-state index in [1.165, 1.54) is 0 Å². The fourth-order valence-electron chi connectivity index (χ4n) is 4.63. The lowest BCUT2D eigenvalue weighted by Crippen LogP contribution is -2.12. The van der Waals surface area contributed by atoms with Crippen LogP contribution in [-0.2, 0) is 11.3 Å². The maximum Gasteiger partial charge on any atom is 0.259 e. The molecule has 1 amide bonds. The number of anilines is 1. The van der Waals surface area contributed by atoms with Crippen LogP contribution in [0.1, 0.15) is 46.9 Å². The van der Waals surface area contributed by atoms with Crippen LogP contribution in [0.15, 0.2) is 42.9 Å². The molecule has 0 unspecified atom stereocenters. The zero-order chi connectivity index (χ0) is 27.1. The van der Waals surface area contributed by atoms with Crippen molar-refractivity contribution in [2.45, 2.75) is 45.7 Å². The van der Waals surface area contributed by atoms with Crippen molar-refractivity contribution < 1.29 is 9.53 Å². The molecule has 4 aromatic heterocycles. The molecule has 5 aromatic rings. The van der Waals surface area contributed by atoms with E-state index in [0.717, 1.165) is 53.8 Å². The van der Waals surface area contributed by atoms with E-state index < -0.39 is 0 Å². The van der Waals surface area contributed by atoms with Gasteiger partial charge < -0.3 is 10.1 Å². The Morgan fingerprint density at radius 1 is 1.15 bits per heavy atom. The van der Waals surface area contributed by atoms with Crippen LogP contribution in [0.4, 0.5) is 5.69 Å². The first-order valence-corrected chi connectivity index (χ1v) is 13.2. The largest absolute Gasteiger partial charge is 0.385 e. The molecule has 11 nitrogen and oxygen atoms in total. The average molecular weight is 546 g/mol. The summed E-state index contributed by atoms with van der Waals surface area (Å²) in [5.74, 6) is 0.186. The molecule has 0 aliphatic heterocycles. The maximum atomic E-state index is 13.4. The summed E-state index contributed by atoms with van der Waals surface area (Å²) in [6.07, 6.45) is 8.26. The molecule has 1 aliphatic rings. The molecule has 200 valence electrons. The monoisotopic (exact) mass is 545 g/mol. The average Bonchev–Trinajstić information content (AvgIpc) is 3.33. The lowest BCUT2D eigenvalue weighted by atomic mass is 10.1. The van der Waals surface area contributed by atoms with Crippen molar-refractivity contribution in [2.75, 3.05) is 19.0 Å². The second-order valence-electron chi connectivity index (χ2n) is 9.78. The Kier molecular flexibility index (Phi) is 6.61. The van der Waals surface area contributed by atoms with Crippen molar-refractivity contribution in [1.29, 1.82) is 0 Å². The van der Waals surface area contributed by atoms with Gasteiger partial charge >= 0.3 is 0 Å². The molecule has 0 radical (unpaired) electrons. The highest BCUT2D eigenvalue weighted by atomic mass is 35.5. The van der Waals surface area contributed by atoms with Crippen molar-refractivity contribution >= 4 is 28.7 Å². The number of hydrogen-bond acceptors (Lipinski definition) is 7. The standard InChI is InChI=1S/C27H28ClN9O2/c1-16-11-23(28)24(13-20(16)26-32-34-37(33-26)19-5-6-19)31-27(38)22-15-30-36-9-7-18(12-25(22)36)21-14-29-35(17(21)2)8-4-10-39-3/h7,9,11-15,19H,4-6,8,10H2,1-3H3,(H,31,38). The van der Waals surface area contributed by atoms with Crippen LogP contribution in [0.2, 0.25) is 5.02 Å². The molecule has 1 fully saturated rings. The van der Waals surface area contributed by atoms with Gasteiger partial charge in [0.1, 0.15) is 0 Å². The normalized spacial score (nSPS) is 13.3. The Labute approximate surface area is 229 Å². The van der Waals surface area contributed by atoms with E-state index in [1.54, 1.807) is 34.8 Å². The Morgan fingerprint density at radius 2 is 2.00 bits per heavy atom. The number of amides is 1. The Bertz CT molecular complexity index is 1680. The summed E-state index contributed by atoms with van der Waals surface area (Å²) in [4.78, 5) is 15.1. The molecule has 1 aromatic carbocycles. The van der Waals surface area contributed by atoms with Crippen LogP contribution in [0.5, 0.6) is 0 Å². The van der Waals surface area contributed by atoms with Crippen LogP contribution in [-0.4, -0.2) is 59.2 Å². The first kappa shape index (κ1) is 25.2. The van der Waals surface area contributed by atoms with Gasteiger partial charge in [-0.1, -0.05) is 11.6 Å². The van der Waals surface area contributed by atoms with Gasteiger partial charge in [0, 0.05) is 43.3 Å². The number of aromatic nitrogens is 8. The summed E-state index contributed by atoms with van der Waals surface area (Å²) in [6.45, 7) is 5.42. The SMILES string of the molecule is COCCCn1ncc(-c2ccn3ncc(C(=O)Nc4cc(-c5nnn(C6CC6)n5)c(C)cc4Cl)c3c2)c1C. The number of benzene rings is 1. The molecular formula is C27H28ClN9O2. The molecule has 39 heavy (non-hydrogen) atoms. The number of nitrogens with zero attached hydrogens (tertiary/aromatic N) is 8. The fraction of sp³-hybridized carbons (Fsp3) is 0.333. The van der Waals surface area contributed by atoms with E-state index in [9.17, 15) is 4.79 Å². The number of fused-ring (bicyclic) bond motifs is 1. The predicted molar refractivity (Wildman–Crippen MR) is 147 cm³/mol. The molecular weight excluding hydrogens is 518 g/mol. The zero-order valence-corrected chi connectivity index (χ0v) is 22.7. The Balaban J connectivity index is 1.28. The number of methoxy groups -OCH3 is 1. The number of carbonyl (C=O) groups is 1. The van der Waals surface area contributed by atoms with Crippen LogP contribution < -0.4 is 5.32 Å². The molecule has 1 N–H and O–H groups in total. The molecule has 0 atom stereocenters. The smallest absolute Gasteiger partial charge is 0.259 e. The maximum absolute atomic E-state index is 13.4. The minimum absolute atomic E-state index is 0.319. The first-order valence-electron chi connectivity index (χ1n) is 12.8. The first-order chi connectivity index (χ1) is 18.9. The number of ether oxygens (including phenoxy) is 1. The number of tetrazole rings is 1. The summed E-state index contributed by atoms with van der Waals surface area (Å²) in [5.41, 5.74) is 6.23. The van der Waals surface area contributed by atoms with Gasteiger partial charge in [-0.2, -0.15) is 15.0 Å². The molecule has 0 bridgehead atoms. The van der Waals surface area contributed by atoms with Gasteiger partial charge in [0.25, 0.3) is 5.91 Å². The molecule has 6 rings (SSSR count).